The Hall–Kier alpha value is -3.94. The number of likely N-dealkylation sites (tertiary alicyclic amines) is 1. The predicted octanol–water partition coefficient (Wildman–Crippen LogP) is 0.801. The minimum absolute atomic E-state index is 0.114. The Labute approximate surface area is 250 Å². The molecule has 0 radical (unpaired) electrons. The van der Waals surface area contributed by atoms with Crippen LogP contribution in [0.15, 0.2) is 18.7 Å². The molecule has 4 rings (SSSR count). The summed E-state index contributed by atoms with van der Waals surface area (Å²) in [6, 6.07) is -1.46. The van der Waals surface area contributed by atoms with Gasteiger partial charge in [-0.2, -0.15) is 0 Å². The fraction of sp³-hybridized carbons (Fsp3) is 0.655. The number of aryl methyl sites for hydroxylation is 1. The molecule has 43 heavy (non-hydrogen) atoms. The maximum Gasteiger partial charge on any atom is 0.286 e. The Bertz CT molecular complexity index is 1340. The molecule has 1 aliphatic carbocycles. The van der Waals surface area contributed by atoms with Gasteiger partial charge in [-0.3, -0.25) is 24.0 Å². The molecule has 1 aliphatic heterocycles. The van der Waals surface area contributed by atoms with Crippen LogP contribution in [0.2, 0.25) is 0 Å². The summed E-state index contributed by atoms with van der Waals surface area (Å²) in [6.45, 7) is 2.72. The van der Waals surface area contributed by atoms with Gasteiger partial charge in [-0.15, -0.1) is 5.10 Å². The van der Waals surface area contributed by atoms with Gasteiger partial charge in [0, 0.05) is 38.5 Å². The van der Waals surface area contributed by atoms with Crippen molar-refractivity contribution in [1.82, 2.24) is 34.8 Å². The van der Waals surface area contributed by atoms with Crippen LogP contribution in [0.5, 0.6) is 0 Å². The molecule has 2 aromatic heterocycles. The smallest absolute Gasteiger partial charge is 0.286 e. The summed E-state index contributed by atoms with van der Waals surface area (Å²) >= 11 is 0. The number of aliphatic hydroxyl groups is 1. The lowest BCUT2D eigenvalue weighted by Gasteiger charge is -2.31. The lowest BCUT2D eigenvalue weighted by Crippen LogP contribution is -2.49. The summed E-state index contributed by atoms with van der Waals surface area (Å²) in [4.78, 5) is 69.3. The minimum Gasteiger partial charge on any atom is -0.384 e. The van der Waals surface area contributed by atoms with Crippen LogP contribution in [0.4, 0.5) is 0 Å². The molecule has 3 atom stereocenters. The fourth-order valence-corrected chi connectivity index (χ4v) is 6.20. The van der Waals surface area contributed by atoms with Crippen LogP contribution >= 0.6 is 0 Å². The lowest BCUT2D eigenvalue weighted by atomic mass is 9.80. The molecule has 0 spiro atoms. The molecule has 0 unspecified atom stereocenters. The molecule has 3 amide bonds. The van der Waals surface area contributed by atoms with Gasteiger partial charge in [0.05, 0.1) is 30.8 Å². The number of amides is 3. The number of rotatable bonds is 13. The summed E-state index contributed by atoms with van der Waals surface area (Å²) in [6.07, 6.45) is 11.2. The molecule has 2 fully saturated rings. The minimum atomic E-state index is -1.28. The van der Waals surface area contributed by atoms with Gasteiger partial charge in [-0.05, 0) is 32.6 Å². The molecule has 0 aromatic carbocycles. The summed E-state index contributed by atoms with van der Waals surface area (Å²) in [5.74, 6) is -3.31. The number of ketones is 2. The molecule has 2 aliphatic rings. The van der Waals surface area contributed by atoms with Crippen LogP contribution in [0, 0.1) is 11.8 Å². The number of nitrogens with zero attached hydrogens (tertiary/aromatic N) is 6. The van der Waals surface area contributed by atoms with Gasteiger partial charge in [0.15, 0.2) is 5.78 Å². The van der Waals surface area contributed by atoms with Crippen molar-refractivity contribution < 1.29 is 29.1 Å². The van der Waals surface area contributed by atoms with E-state index in [2.05, 4.69) is 20.6 Å². The zero-order chi connectivity index (χ0) is 31.3. The van der Waals surface area contributed by atoms with E-state index in [4.69, 9.17) is 5.73 Å². The Morgan fingerprint density at radius 2 is 1.88 bits per heavy atom. The number of Topliss-reactive ketones (excluding diaryl/α,β-unsaturated/α-hetero) is 2. The van der Waals surface area contributed by atoms with Crippen molar-refractivity contribution in [3.63, 3.8) is 0 Å². The maximum absolute atomic E-state index is 14.3. The van der Waals surface area contributed by atoms with Gasteiger partial charge in [-0.25, -0.2) is 9.67 Å². The zero-order valence-electron chi connectivity index (χ0n) is 25.1. The van der Waals surface area contributed by atoms with Gasteiger partial charge in [0.2, 0.25) is 17.6 Å². The summed E-state index contributed by atoms with van der Waals surface area (Å²) < 4.78 is 3.23. The molecule has 0 bridgehead atoms. The number of nitrogens with two attached hydrogens (primary N) is 1. The zero-order valence-corrected chi connectivity index (χ0v) is 25.1. The van der Waals surface area contributed by atoms with Gasteiger partial charge >= 0.3 is 0 Å². The van der Waals surface area contributed by atoms with Gasteiger partial charge in [0.25, 0.3) is 5.91 Å². The van der Waals surface area contributed by atoms with Crippen molar-refractivity contribution >= 4 is 29.3 Å². The SMILES string of the molecule is Cn1cnc(C(=O)CC[C@H](CC2CCCCC2)C(=O)N2C[C@@H](n3nncc3C(C)(C)O)C[C@H]2C(=O)NCC(=O)C(N)=O)c1. The van der Waals surface area contributed by atoms with E-state index in [0.29, 0.717) is 30.1 Å². The number of aromatic nitrogens is 5. The molecule has 4 N–H and O–H groups in total. The molecule has 1 saturated heterocycles. The molecular weight excluding hydrogens is 556 g/mol. The lowest BCUT2D eigenvalue weighted by molar-refractivity contribution is -0.143. The van der Waals surface area contributed by atoms with E-state index >= 15 is 0 Å². The van der Waals surface area contributed by atoms with Crippen LogP contribution < -0.4 is 11.1 Å². The van der Waals surface area contributed by atoms with Crippen LogP contribution in [0.1, 0.15) is 93.9 Å². The summed E-state index contributed by atoms with van der Waals surface area (Å²) in [7, 11) is 1.78. The third kappa shape index (κ3) is 7.92. The van der Waals surface area contributed by atoms with E-state index in [1.807, 2.05) is 0 Å². The van der Waals surface area contributed by atoms with Crippen molar-refractivity contribution in [2.24, 2.45) is 24.6 Å². The van der Waals surface area contributed by atoms with Gasteiger partial charge in [-0.1, -0.05) is 37.3 Å². The number of primary amides is 1. The first-order chi connectivity index (χ1) is 20.3. The van der Waals surface area contributed by atoms with E-state index in [1.54, 1.807) is 38.0 Å². The van der Waals surface area contributed by atoms with Crippen molar-refractivity contribution in [3.8, 4) is 0 Å². The van der Waals surface area contributed by atoms with Crippen LogP contribution in [0.3, 0.4) is 0 Å². The summed E-state index contributed by atoms with van der Waals surface area (Å²) in [5.41, 5.74) is 4.54. The number of imidazole rings is 1. The van der Waals surface area contributed by atoms with Gasteiger partial charge < -0.3 is 25.6 Å². The average molecular weight is 599 g/mol. The average Bonchev–Trinajstić information content (AvgIpc) is 3.73. The third-order valence-electron chi connectivity index (χ3n) is 8.51. The Kier molecular flexibility index (Phi) is 10.1. The van der Waals surface area contributed by atoms with Crippen molar-refractivity contribution in [2.45, 2.75) is 89.3 Å². The quantitative estimate of drug-likeness (QED) is 0.221. The topological polar surface area (TPSA) is 195 Å². The third-order valence-corrected chi connectivity index (χ3v) is 8.51. The van der Waals surface area contributed by atoms with E-state index < -0.39 is 47.7 Å². The Morgan fingerprint density at radius 1 is 1.16 bits per heavy atom. The standard InChI is InChI=1S/C29H42N8O6/c1-29(2,43)25-14-33-34-37(25)20-12-22(27(41)31-13-24(39)26(30)40)36(15-20)28(42)19(11-18-7-5-4-6-8-18)9-10-23(38)21-16-35(3)17-32-21/h14,16-20,22,43H,4-13,15H2,1-3H3,(H2,30,40)(H,31,41)/t19-,20+,22+/m1/s1. The molecule has 2 aromatic rings. The normalized spacial score (nSPS) is 20.1. The first kappa shape index (κ1) is 32.0. The van der Waals surface area contributed by atoms with Crippen LogP contribution in [-0.4, -0.2) is 83.0 Å². The molecule has 14 nitrogen and oxygen atoms in total. The van der Waals surface area contributed by atoms with Gasteiger partial charge in [0.1, 0.15) is 17.3 Å². The number of hydrogen-bond donors (Lipinski definition) is 3. The Balaban J connectivity index is 1.59. The maximum atomic E-state index is 14.3. The number of hydrogen-bond acceptors (Lipinski definition) is 9. The van der Waals surface area contributed by atoms with E-state index in [1.165, 1.54) is 15.8 Å². The van der Waals surface area contributed by atoms with Crippen molar-refractivity contribution in [2.75, 3.05) is 13.1 Å². The second-order valence-electron chi connectivity index (χ2n) is 12.3. The molecule has 234 valence electrons. The van der Waals surface area contributed by atoms with E-state index in [9.17, 15) is 29.1 Å². The van der Waals surface area contributed by atoms with Crippen LogP contribution in [0.25, 0.3) is 0 Å². The molecular formula is C29H42N8O6. The number of carbonyl (C=O) groups excluding carboxylic acids is 5. The highest BCUT2D eigenvalue weighted by molar-refractivity contribution is 6.36. The largest absolute Gasteiger partial charge is 0.384 e. The monoisotopic (exact) mass is 598 g/mol. The van der Waals surface area contributed by atoms with Crippen molar-refractivity contribution in [1.29, 1.82) is 0 Å². The Morgan fingerprint density at radius 3 is 2.51 bits per heavy atom. The fourth-order valence-electron chi connectivity index (χ4n) is 6.20. The predicted molar refractivity (Wildman–Crippen MR) is 153 cm³/mol. The molecule has 3 heterocycles. The summed E-state index contributed by atoms with van der Waals surface area (Å²) in [5, 5.41) is 21.2. The number of nitrogens with one attached hydrogen (secondary N) is 1. The number of carbonyl (C=O) groups is 5. The highest BCUT2D eigenvalue weighted by Gasteiger charge is 2.44. The first-order valence-electron chi connectivity index (χ1n) is 14.9. The highest BCUT2D eigenvalue weighted by Crippen LogP contribution is 2.36. The molecule has 14 heteroatoms. The first-order valence-corrected chi connectivity index (χ1v) is 14.9. The van der Waals surface area contributed by atoms with Crippen LogP contribution in [-0.2, 0) is 31.8 Å². The van der Waals surface area contributed by atoms with Crippen molar-refractivity contribution in [3.05, 3.63) is 30.1 Å². The molecule has 1 saturated carbocycles. The second-order valence-corrected chi connectivity index (χ2v) is 12.3. The van der Waals surface area contributed by atoms with E-state index in [0.717, 1.165) is 32.1 Å². The second kappa shape index (κ2) is 13.6. The van der Waals surface area contributed by atoms with E-state index in [-0.39, 0.29) is 31.1 Å². The highest BCUT2D eigenvalue weighted by atomic mass is 16.3.